The third-order valence-electron chi connectivity index (χ3n) is 4.46. The number of nitrogens with zero attached hydrogens (tertiary/aromatic N) is 4. The number of aryl methyl sites for hydroxylation is 1. The van der Waals surface area contributed by atoms with E-state index in [-0.39, 0.29) is 11.9 Å². The summed E-state index contributed by atoms with van der Waals surface area (Å²) in [5.41, 5.74) is 3.24. The molecule has 0 fully saturated rings. The maximum atomic E-state index is 13.8. The lowest BCUT2D eigenvalue weighted by atomic mass is 10.1. The Bertz CT molecular complexity index is 1070. The predicted octanol–water partition coefficient (Wildman–Crippen LogP) is 4.60. The number of nitrogens with one attached hydrogen (secondary N) is 1. The minimum atomic E-state index is -0.288. The van der Waals surface area contributed by atoms with E-state index in [1.165, 1.54) is 6.07 Å². The summed E-state index contributed by atoms with van der Waals surface area (Å²) in [7, 11) is 0. The average Bonchev–Trinajstić information content (AvgIpc) is 3.36. The van der Waals surface area contributed by atoms with Crippen molar-refractivity contribution in [1.29, 1.82) is 0 Å². The molecule has 0 spiro atoms. The summed E-state index contributed by atoms with van der Waals surface area (Å²) >= 11 is 0. The van der Waals surface area contributed by atoms with Crippen LogP contribution in [-0.4, -0.2) is 19.9 Å². The van der Waals surface area contributed by atoms with Crippen LogP contribution < -0.4 is 5.32 Å². The molecule has 0 saturated heterocycles. The Balaban J connectivity index is 1.47. The van der Waals surface area contributed by atoms with Crippen LogP contribution in [-0.2, 0) is 6.54 Å². The zero-order valence-electron chi connectivity index (χ0n) is 15.6. The topological polar surface area (TPSA) is 68.8 Å². The first-order chi connectivity index (χ1) is 13.6. The van der Waals surface area contributed by atoms with Crippen LogP contribution in [0.4, 0.5) is 10.1 Å². The largest absolute Gasteiger partial charge is 0.374 e. The van der Waals surface area contributed by atoms with Crippen LogP contribution in [0.15, 0.2) is 65.4 Å². The molecule has 1 atom stereocenters. The SMILES string of the molecule is Cc1ccc(-c2noc(C(C)Nc3cccc(Cn4cccn4)c3)n2)cc1F. The summed E-state index contributed by atoms with van der Waals surface area (Å²) in [6.07, 6.45) is 3.69. The second-order valence-electron chi connectivity index (χ2n) is 6.69. The summed E-state index contributed by atoms with van der Waals surface area (Å²) in [5, 5.41) is 11.6. The lowest BCUT2D eigenvalue weighted by molar-refractivity contribution is 0.368. The van der Waals surface area contributed by atoms with E-state index in [1.807, 2.05) is 42.1 Å². The monoisotopic (exact) mass is 377 g/mol. The molecule has 0 aliphatic rings. The Hall–Kier alpha value is -3.48. The van der Waals surface area contributed by atoms with Crippen molar-refractivity contribution in [3.8, 4) is 11.4 Å². The van der Waals surface area contributed by atoms with Gasteiger partial charge in [0.1, 0.15) is 11.9 Å². The second kappa shape index (κ2) is 7.64. The van der Waals surface area contributed by atoms with Crippen LogP contribution in [0.25, 0.3) is 11.4 Å². The molecule has 2 aromatic carbocycles. The van der Waals surface area contributed by atoms with Crippen LogP contribution in [0.5, 0.6) is 0 Å². The van der Waals surface area contributed by atoms with Crippen molar-refractivity contribution in [3.63, 3.8) is 0 Å². The van der Waals surface area contributed by atoms with Crippen molar-refractivity contribution < 1.29 is 8.91 Å². The van der Waals surface area contributed by atoms with Crippen molar-refractivity contribution in [3.05, 3.63) is 83.8 Å². The van der Waals surface area contributed by atoms with Crippen LogP contribution in [0.1, 0.15) is 30.0 Å². The average molecular weight is 377 g/mol. The van der Waals surface area contributed by atoms with E-state index < -0.39 is 0 Å². The van der Waals surface area contributed by atoms with Gasteiger partial charge in [-0.15, -0.1) is 0 Å². The highest BCUT2D eigenvalue weighted by molar-refractivity contribution is 5.55. The molecule has 0 saturated carbocycles. The van der Waals surface area contributed by atoms with E-state index in [4.69, 9.17) is 4.52 Å². The van der Waals surface area contributed by atoms with Gasteiger partial charge in [0.2, 0.25) is 11.7 Å². The van der Waals surface area contributed by atoms with Crippen molar-refractivity contribution >= 4 is 5.69 Å². The molecule has 142 valence electrons. The molecule has 0 aliphatic carbocycles. The fourth-order valence-electron chi connectivity index (χ4n) is 2.91. The molecule has 0 bridgehead atoms. The Labute approximate surface area is 162 Å². The van der Waals surface area contributed by atoms with E-state index in [2.05, 4.69) is 26.6 Å². The number of halogens is 1. The Kier molecular flexibility index (Phi) is 4.89. The van der Waals surface area contributed by atoms with E-state index in [1.54, 1.807) is 25.3 Å². The first-order valence-electron chi connectivity index (χ1n) is 9.01. The molecule has 2 aromatic heterocycles. The fourth-order valence-corrected chi connectivity index (χ4v) is 2.91. The molecule has 28 heavy (non-hydrogen) atoms. The zero-order valence-corrected chi connectivity index (χ0v) is 15.6. The van der Waals surface area contributed by atoms with Gasteiger partial charge in [-0.25, -0.2) is 4.39 Å². The molecule has 7 heteroatoms. The molecule has 0 radical (unpaired) electrons. The standard InChI is InChI=1S/C21H20FN5O/c1-14-7-8-17(12-19(14)22)20-25-21(28-26-20)15(2)24-18-6-3-5-16(11-18)13-27-10-4-9-23-27/h3-12,15,24H,13H2,1-2H3. The van der Waals surface area contributed by atoms with E-state index in [9.17, 15) is 4.39 Å². The van der Waals surface area contributed by atoms with Gasteiger partial charge < -0.3 is 9.84 Å². The van der Waals surface area contributed by atoms with E-state index in [0.717, 1.165) is 11.3 Å². The van der Waals surface area contributed by atoms with Crippen LogP contribution >= 0.6 is 0 Å². The summed E-state index contributed by atoms with van der Waals surface area (Å²) < 4.78 is 21.0. The number of benzene rings is 2. The fraction of sp³-hybridized carbons (Fsp3) is 0.190. The van der Waals surface area contributed by atoms with Gasteiger partial charge in [-0.3, -0.25) is 4.68 Å². The van der Waals surface area contributed by atoms with Crippen LogP contribution in [0.2, 0.25) is 0 Å². The molecule has 0 aliphatic heterocycles. The zero-order chi connectivity index (χ0) is 19.5. The molecular weight excluding hydrogens is 357 g/mol. The maximum Gasteiger partial charge on any atom is 0.249 e. The van der Waals surface area contributed by atoms with E-state index in [0.29, 0.717) is 29.4 Å². The van der Waals surface area contributed by atoms with Gasteiger partial charge in [0.15, 0.2) is 0 Å². The first-order valence-corrected chi connectivity index (χ1v) is 9.01. The van der Waals surface area contributed by atoms with Crippen LogP contribution in [0.3, 0.4) is 0 Å². The predicted molar refractivity (Wildman–Crippen MR) is 104 cm³/mol. The highest BCUT2D eigenvalue weighted by Gasteiger charge is 2.16. The summed E-state index contributed by atoms with van der Waals surface area (Å²) in [6.45, 7) is 4.35. The third kappa shape index (κ3) is 3.93. The second-order valence-corrected chi connectivity index (χ2v) is 6.69. The van der Waals surface area contributed by atoms with Crippen molar-refractivity contribution in [2.75, 3.05) is 5.32 Å². The lowest BCUT2D eigenvalue weighted by Gasteiger charge is -2.12. The normalized spacial score (nSPS) is 12.1. The highest BCUT2D eigenvalue weighted by Crippen LogP contribution is 2.23. The van der Waals surface area contributed by atoms with Gasteiger partial charge in [0, 0.05) is 23.6 Å². The number of hydrogen-bond donors (Lipinski definition) is 1. The van der Waals surface area contributed by atoms with Gasteiger partial charge in [-0.2, -0.15) is 10.1 Å². The quantitative estimate of drug-likeness (QED) is 0.532. The minimum absolute atomic E-state index is 0.198. The van der Waals surface area contributed by atoms with Gasteiger partial charge in [-0.1, -0.05) is 29.4 Å². The Morgan fingerprint density at radius 3 is 2.86 bits per heavy atom. The lowest BCUT2D eigenvalue weighted by Crippen LogP contribution is -2.08. The molecule has 1 N–H and O–H groups in total. The molecule has 4 aromatic rings. The summed E-state index contributed by atoms with van der Waals surface area (Å²) in [4.78, 5) is 4.41. The van der Waals surface area contributed by atoms with Gasteiger partial charge in [-0.05, 0) is 49.2 Å². The van der Waals surface area contributed by atoms with E-state index >= 15 is 0 Å². The molecule has 0 amide bonds. The third-order valence-corrected chi connectivity index (χ3v) is 4.46. The first kappa shape index (κ1) is 17.9. The summed E-state index contributed by atoms with van der Waals surface area (Å²) in [5.74, 6) is 0.521. The number of rotatable bonds is 6. The molecule has 2 heterocycles. The van der Waals surface area contributed by atoms with Gasteiger partial charge >= 0.3 is 0 Å². The van der Waals surface area contributed by atoms with Gasteiger partial charge in [0.05, 0.1) is 6.54 Å². The van der Waals surface area contributed by atoms with Crippen molar-refractivity contribution in [1.82, 2.24) is 19.9 Å². The molecule has 1 unspecified atom stereocenters. The number of hydrogen-bond acceptors (Lipinski definition) is 5. The summed E-state index contributed by atoms with van der Waals surface area (Å²) in [6, 6.07) is 14.7. The van der Waals surface area contributed by atoms with Gasteiger partial charge in [0.25, 0.3) is 0 Å². The number of anilines is 1. The molecule has 4 rings (SSSR count). The molecule has 6 nitrogen and oxygen atoms in total. The Morgan fingerprint density at radius 2 is 2.07 bits per heavy atom. The smallest absolute Gasteiger partial charge is 0.249 e. The minimum Gasteiger partial charge on any atom is -0.374 e. The molecular formula is C21H20FN5O. The Morgan fingerprint density at radius 1 is 1.18 bits per heavy atom. The van der Waals surface area contributed by atoms with Crippen molar-refractivity contribution in [2.45, 2.75) is 26.4 Å². The van der Waals surface area contributed by atoms with Crippen molar-refractivity contribution in [2.24, 2.45) is 0 Å². The van der Waals surface area contributed by atoms with Crippen LogP contribution in [0, 0.1) is 12.7 Å². The maximum absolute atomic E-state index is 13.8. The number of aromatic nitrogens is 4. The highest BCUT2D eigenvalue weighted by atomic mass is 19.1.